The van der Waals surface area contributed by atoms with Crippen LogP contribution in [0.2, 0.25) is 0 Å². The standard InChI is InChI=1S/C31H25N3O4S/c1-20(22-13-10-14-23(19-22)28(35)21-11-4-3-5-12-21)31(37)38-29-24-15-6-7-16-25(24)39-34(2)27(29)30(36)33-26-17-8-9-18-32-26/h3-20H,1-2H3,(H,32,33,36). The molecule has 7 nitrogen and oxygen atoms in total. The molecule has 194 valence electrons. The van der Waals surface area contributed by atoms with Crippen molar-refractivity contribution in [2.24, 2.45) is 0 Å². The van der Waals surface area contributed by atoms with Gasteiger partial charge < -0.3 is 14.4 Å². The van der Waals surface area contributed by atoms with Gasteiger partial charge in [-0.05, 0) is 54.8 Å². The molecule has 0 radical (unpaired) electrons. The van der Waals surface area contributed by atoms with Crippen molar-refractivity contribution in [2.75, 3.05) is 12.4 Å². The second-order valence-electron chi connectivity index (χ2n) is 8.90. The molecule has 1 aliphatic heterocycles. The molecule has 1 aromatic heterocycles. The smallest absolute Gasteiger partial charge is 0.318 e. The van der Waals surface area contributed by atoms with Gasteiger partial charge in [-0.2, -0.15) is 0 Å². The van der Waals surface area contributed by atoms with E-state index in [0.717, 1.165) is 4.90 Å². The highest BCUT2D eigenvalue weighted by Gasteiger charge is 2.32. The Morgan fingerprint density at radius 2 is 1.59 bits per heavy atom. The summed E-state index contributed by atoms with van der Waals surface area (Å²) in [5.41, 5.74) is 2.51. The molecule has 0 fully saturated rings. The van der Waals surface area contributed by atoms with E-state index in [0.29, 0.717) is 28.1 Å². The summed E-state index contributed by atoms with van der Waals surface area (Å²) in [5, 5.41) is 2.78. The topological polar surface area (TPSA) is 88.6 Å². The van der Waals surface area contributed by atoms with E-state index < -0.39 is 17.8 Å². The van der Waals surface area contributed by atoms with Gasteiger partial charge in [0.1, 0.15) is 5.82 Å². The van der Waals surface area contributed by atoms with E-state index >= 15 is 0 Å². The van der Waals surface area contributed by atoms with Crippen LogP contribution in [0.15, 0.2) is 114 Å². The lowest BCUT2D eigenvalue weighted by atomic mass is 9.95. The largest absolute Gasteiger partial charge is 0.423 e. The number of ketones is 1. The summed E-state index contributed by atoms with van der Waals surface area (Å²) in [5.74, 6) is -1.29. The lowest BCUT2D eigenvalue weighted by Gasteiger charge is -2.29. The molecule has 1 N–H and O–H groups in total. The first-order valence-corrected chi connectivity index (χ1v) is 13.1. The fraction of sp³-hybridized carbons (Fsp3) is 0.0968. The van der Waals surface area contributed by atoms with E-state index in [9.17, 15) is 14.4 Å². The van der Waals surface area contributed by atoms with Gasteiger partial charge in [0, 0.05) is 34.8 Å². The summed E-state index contributed by atoms with van der Waals surface area (Å²) in [6, 6.07) is 28.6. The minimum atomic E-state index is -0.701. The number of nitrogens with one attached hydrogen (secondary N) is 1. The van der Waals surface area contributed by atoms with Gasteiger partial charge in [0.2, 0.25) is 0 Å². The predicted molar refractivity (Wildman–Crippen MR) is 151 cm³/mol. The maximum atomic E-state index is 13.5. The Balaban J connectivity index is 1.45. The number of ether oxygens (including phenoxy) is 1. The molecular formula is C31H25N3O4S. The SMILES string of the molecule is CC(C(=O)OC1=C(C(=O)Nc2ccccn2)N(C)Sc2ccccc21)c1cccc(C(=O)c2ccccc2)c1. The minimum absolute atomic E-state index is 0.130. The van der Waals surface area contributed by atoms with Crippen LogP contribution in [0, 0.1) is 0 Å². The first kappa shape index (κ1) is 25.9. The van der Waals surface area contributed by atoms with Crippen LogP contribution < -0.4 is 5.32 Å². The number of hydrogen-bond donors (Lipinski definition) is 1. The first-order valence-electron chi connectivity index (χ1n) is 12.3. The maximum absolute atomic E-state index is 13.5. The molecule has 2 heterocycles. The summed E-state index contributed by atoms with van der Waals surface area (Å²) < 4.78 is 7.65. The predicted octanol–water partition coefficient (Wildman–Crippen LogP) is 5.92. The van der Waals surface area contributed by atoms with E-state index in [2.05, 4.69) is 10.3 Å². The Hall–Kier alpha value is -4.69. The van der Waals surface area contributed by atoms with E-state index in [1.807, 2.05) is 42.5 Å². The van der Waals surface area contributed by atoms with Gasteiger partial charge in [0.05, 0.1) is 5.92 Å². The van der Waals surface area contributed by atoms with Crippen molar-refractivity contribution in [1.29, 1.82) is 0 Å². The Morgan fingerprint density at radius 3 is 2.36 bits per heavy atom. The second-order valence-corrected chi connectivity index (χ2v) is 10.1. The third-order valence-electron chi connectivity index (χ3n) is 6.26. The van der Waals surface area contributed by atoms with Gasteiger partial charge in [-0.3, -0.25) is 14.4 Å². The minimum Gasteiger partial charge on any atom is -0.423 e. The monoisotopic (exact) mass is 535 g/mol. The third-order valence-corrected chi connectivity index (χ3v) is 7.27. The van der Waals surface area contributed by atoms with Crippen LogP contribution in [-0.2, 0) is 14.3 Å². The fourth-order valence-electron chi connectivity index (χ4n) is 4.19. The zero-order valence-corrected chi connectivity index (χ0v) is 22.1. The zero-order valence-electron chi connectivity index (χ0n) is 21.3. The summed E-state index contributed by atoms with van der Waals surface area (Å²) in [7, 11) is 1.74. The number of anilines is 1. The highest BCUT2D eigenvalue weighted by atomic mass is 32.2. The summed E-state index contributed by atoms with van der Waals surface area (Å²) in [4.78, 5) is 44.9. The number of fused-ring (bicyclic) bond motifs is 1. The lowest BCUT2D eigenvalue weighted by molar-refractivity contribution is -0.138. The average molecular weight is 536 g/mol. The summed E-state index contributed by atoms with van der Waals surface area (Å²) in [6.07, 6.45) is 1.58. The molecule has 1 amide bonds. The molecule has 0 aliphatic carbocycles. The quantitative estimate of drug-likeness (QED) is 0.179. The first-order chi connectivity index (χ1) is 18.9. The van der Waals surface area contributed by atoms with Crippen molar-refractivity contribution in [2.45, 2.75) is 17.7 Å². The molecule has 1 unspecified atom stereocenters. The number of benzene rings is 3. The third kappa shape index (κ3) is 5.61. The van der Waals surface area contributed by atoms with Crippen LogP contribution in [0.3, 0.4) is 0 Å². The molecular weight excluding hydrogens is 510 g/mol. The molecule has 8 heteroatoms. The zero-order chi connectivity index (χ0) is 27.4. The lowest BCUT2D eigenvalue weighted by Crippen LogP contribution is -2.29. The number of amides is 1. The van der Waals surface area contributed by atoms with Gasteiger partial charge in [-0.1, -0.05) is 66.7 Å². The molecule has 3 aromatic carbocycles. The number of carbonyl (C=O) groups is 3. The number of aromatic nitrogens is 1. The van der Waals surface area contributed by atoms with Crippen LogP contribution in [0.4, 0.5) is 5.82 Å². The van der Waals surface area contributed by atoms with Crippen molar-refractivity contribution in [1.82, 2.24) is 9.29 Å². The van der Waals surface area contributed by atoms with E-state index in [4.69, 9.17) is 4.74 Å². The maximum Gasteiger partial charge on any atom is 0.318 e. The molecule has 39 heavy (non-hydrogen) atoms. The molecule has 1 atom stereocenters. The van der Waals surface area contributed by atoms with Gasteiger partial charge in [0.15, 0.2) is 17.2 Å². The van der Waals surface area contributed by atoms with Gasteiger partial charge in [-0.25, -0.2) is 4.98 Å². The Bertz CT molecular complexity index is 1570. The van der Waals surface area contributed by atoms with Gasteiger partial charge in [0.25, 0.3) is 5.91 Å². The van der Waals surface area contributed by atoms with Crippen LogP contribution in [0.5, 0.6) is 0 Å². The number of hydrogen-bond acceptors (Lipinski definition) is 7. The Labute approximate surface area is 230 Å². The van der Waals surface area contributed by atoms with Crippen molar-refractivity contribution in [3.8, 4) is 0 Å². The highest BCUT2D eigenvalue weighted by Crippen LogP contribution is 2.41. The molecule has 0 spiro atoms. The molecule has 0 saturated heterocycles. The Kier molecular flexibility index (Phi) is 7.56. The number of nitrogens with zero attached hydrogens (tertiary/aromatic N) is 2. The van der Waals surface area contributed by atoms with E-state index in [-0.39, 0.29) is 17.2 Å². The van der Waals surface area contributed by atoms with Gasteiger partial charge in [-0.15, -0.1) is 0 Å². The number of rotatable bonds is 7. The van der Waals surface area contributed by atoms with Crippen LogP contribution in [0.25, 0.3) is 5.76 Å². The van der Waals surface area contributed by atoms with Crippen LogP contribution >= 0.6 is 11.9 Å². The van der Waals surface area contributed by atoms with Gasteiger partial charge >= 0.3 is 5.97 Å². The van der Waals surface area contributed by atoms with Crippen molar-refractivity contribution < 1.29 is 19.1 Å². The molecule has 0 saturated carbocycles. The van der Waals surface area contributed by atoms with Crippen molar-refractivity contribution in [3.05, 3.63) is 131 Å². The number of pyridine rings is 1. The average Bonchev–Trinajstić information content (AvgIpc) is 2.97. The van der Waals surface area contributed by atoms with Crippen LogP contribution in [-0.4, -0.2) is 34.0 Å². The molecule has 4 aromatic rings. The number of esters is 1. The molecule has 1 aliphatic rings. The van der Waals surface area contributed by atoms with Crippen molar-refractivity contribution in [3.63, 3.8) is 0 Å². The second kappa shape index (κ2) is 11.4. The van der Waals surface area contributed by atoms with E-state index in [1.54, 1.807) is 79.1 Å². The number of likely N-dealkylation sites (N-methyl/N-ethyl adjacent to an activating group) is 1. The molecule has 0 bridgehead atoms. The highest BCUT2D eigenvalue weighted by molar-refractivity contribution is 7.97. The van der Waals surface area contributed by atoms with E-state index in [1.165, 1.54) is 11.9 Å². The Morgan fingerprint density at radius 1 is 0.872 bits per heavy atom. The van der Waals surface area contributed by atoms with Crippen LogP contribution in [0.1, 0.15) is 39.9 Å². The van der Waals surface area contributed by atoms with Crippen molar-refractivity contribution >= 4 is 41.2 Å². The normalized spacial score (nSPS) is 13.3. The molecule has 5 rings (SSSR count). The summed E-state index contributed by atoms with van der Waals surface area (Å²) >= 11 is 1.36. The fourth-order valence-corrected chi connectivity index (χ4v) is 5.14. The number of carbonyl (C=O) groups excluding carboxylic acids is 3. The summed E-state index contributed by atoms with van der Waals surface area (Å²) in [6.45, 7) is 1.72.